The molecule has 1 aliphatic rings. The minimum atomic E-state index is -0.299. The molecule has 0 aliphatic carbocycles. The van der Waals surface area contributed by atoms with Crippen LogP contribution in [0.15, 0.2) is 58.5 Å². The SMILES string of the molecule is COCC(=O)N1CCc2sccc2C1c1ccc(NC(=O)c2ccco2)cc1. The second-order valence-electron chi connectivity index (χ2n) is 6.53. The molecule has 1 atom stereocenters. The number of hydrogen-bond acceptors (Lipinski definition) is 5. The second-order valence-corrected chi connectivity index (χ2v) is 7.53. The zero-order chi connectivity index (χ0) is 19.5. The van der Waals surface area contributed by atoms with Gasteiger partial charge in [0.1, 0.15) is 6.61 Å². The topological polar surface area (TPSA) is 71.8 Å². The first-order valence-electron chi connectivity index (χ1n) is 8.97. The van der Waals surface area contributed by atoms with E-state index < -0.39 is 0 Å². The largest absolute Gasteiger partial charge is 0.459 e. The molecule has 0 radical (unpaired) electrons. The number of amides is 2. The fourth-order valence-electron chi connectivity index (χ4n) is 3.50. The van der Waals surface area contributed by atoms with Gasteiger partial charge in [0, 0.05) is 24.2 Å². The van der Waals surface area contributed by atoms with Crippen molar-refractivity contribution in [1.29, 1.82) is 0 Å². The van der Waals surface area contributed by atoms with Crippen molar-refractivity contribution in [1.82, 2.24) is 4.90 Å². The summed E-state index contributed by atoms with van der Waals surface area (Å²) in [6.45, 7) is 0.727. The molecule has 0 fully saturated rings. The second kappa shape index (κ2) is 8.00. The molecule has 28 heavy (non-hydrogen) atoms. The van der Waals surface area contributed by atoms with Gasteiger partial charge in [-0.25, -0.2) is 0 Å². The van der Waals surface area contributed by atoms with Crippen molar-refractivity contribution in [2.75, 3.05) is 25.6 Å². The van der Waals surface area contributed by atoms with E-state index in [4.69, 9.17) is 9.15 Å². The van der Waals surface area contributed by atoms with Crippen LogP contribution in [0, 0.1) is 0 Å². The number of thiophene rings is 1. The molecule has 0 spiro atoms. The van der Waals surface area contributed by atoms with Crippen molar-refractivity contribution >= 4 is 28.8 Å². The Morgan fingerprint density at radius 1 is 1.25 bits per heavy atom. The lowest BCUT2D eigenvalue weighted by molar-refractivity contribution is -0.137. The van der Waals surface area contributed by atoms with Crippen molar-refractivity contribution < 1.29 is 18.7 Å². The lowest BCUT2D eigenvalue weighted by Gasteiger charge is -2.36. The zero-order valence-electron chi connectivity index (χ0n) is 15.4. The number of furan rings is 1. The van der Waals surface area contributed by atoms with E-state index >= 15 is 0 Å². The fraction of sp³-hybridized carbons (Fsp3) is 0.238. The molecule has 7 heteroatoms. The van der Waals surface area contributed by atoms with Crippen molar-refractivity contribution in [3.8, 4) is 0 Å². The number of anilines is 1. The molecule has 1 N–H and O–H groups in total. The molecule has 4 rings (SSSR count). The first-order chi connectivity index (χ1) is 13.7. The van der Waals surface area contributed by atoms with Gasteiger partial charge in [0.05, 0.1) is 12.3 Å². The number of carbonyl (C=O) groups excluding carboxylic acids is 2. The van der Waals surface area contributed by atoms with Gasteiger partial charge in [-0.05, 0) is 53.3 Å². The van der Waals surface area contributed by atoms with Crippen LogP contribution in [-0.4, -0.2) is 37.0 Å². The molecule has 6 nitrogen and oxygen atoms in total. The van der Waals surface area contributed by atoms with Crippen molar-refractivity contribution in [2.24, 2.45) is 0 Å². The number of ether oxygens (including phenoxy) is 1. The van der Waals surface area contributed by atoms with E-state index in [1.54, 1.807) is 23.5 Å². The molecular formula is C21H20N2O4S. The van der Waals surface area contributed by atoms with Crippen LogP contribution in [0.4, 0.5) is 5.69 Å². The number of benzene rings is 1. The summed E-state index contributed by atoms with van der Waals surface area (Å²) in [5, 5.41) is 4.88. The number of hydrogen-bond donors (Lipinski definition) is 1. The number of methoxy groups -OCH3 is 1. The molecule has 3 heterocycles. The first-order valence-corrected chi connectivity index (χ1v) is 9.85. The van der Waals surface area contributed by atoms with Crippen molar-refractivity contribution in [3.05, 3.63) is 75.9 Å². The number of carbonyl (C=O) groups is 2. The number of rotatable bonds is 5. The molecule has 2 aromatic heterocycles. The zero-order valence-corrected chi connectivity index (χ0v) is 16.2. The maximum absolute atomic E-state index is 12.6. The van der Waals surface area contributed by atoms with Crippen LogP contribution in [0.5, 0.6) is 0 Å². The highest BCUT2D eigenvalue weighted by molar-refractivity contribution is 7.10. The smallest absolute Gasteiger partial charge is 0.291 e. The van der Waals surface area contributed by atoms with Crippen LogP contribution in [-0.2, 0) is 16.0 Å². The van der Waals surface area contributed by atoms with Crippen molar-refractivity contribution in [2.45, 2.75) is 12.5 Å². The maximum Gasteiger partial charge on any atom is 0.291 e. The Morgan fingerprint density at radius 2 is 2.07 bits per heavy atom. The molecule has 2 amide bonds. The van der Waals surface area contributed by atoms with Crippen LogP contribution in [0.3, 0.4) is 0 Å². The van der Waals surface area contributed by atoms with Crippen LogP contribution in [0.1, 0.15) is 32.6 Å². The average molecular weight is 396 g/mol. The van der Waals surface area contributed by atoms with Crippen LogP contribution < -0.4 is 5.32 Å². The predicted molar refractivity (Wildman–Crippen MR) is 107 cm³/mol. The predicted octanol–water partition coefficient (Wildman–Crippen LogP) is 3.71. The molecule has 3 aromatic rings. The molecule has 0 saturated heterocycles. The highest BCUT2D eigenvalue weighted by atomic mass is 32.1. The van der Waals surface area contributed by atoms with Gasteiger partial charge >= 0.3 is 0 Å². The molecule has 144 valence electrons. The minimum Gasteiger partial charge on any atom is -0.459 e. The summed E-state index contributed by atoms with van der Waals surface area (Å²) in [5.41, 5.74) is 2.83. The lowest BCUT2D eigenvalue weighted by atomic mass is 9.93. The van der Waals surface area contributed by atoms with Gasteiger partial charge in [-0.3, -0.25) is 9.59 Å². The van der Waals surface area contributed by atoms with Crippen LogP contribution in [0.25, 0.3) is 0 Å². The summed E-state index contributed by atoms with van der Waals surface area (Å²) in [5.74, 6) is -0.0670. The minimum absolute atomic E-state index is 0.0282. The summed E-state index contributed by atoms with van der Waals surface area (Å²) >= 11 is 1.72. The third kappa shape index (κ3) is 3.58. The quantitative estimate of drug-likeness (QED) is 0.714. The normalized spacial score (nSPS) is 15.9. The summed E-state index contributed by atoms with van der Waals surface area (Å²) in [4.78, 5) is 27.9. The Balaban J connectivity index is 1.59. The number of fused-ring (bicyclic) bond motifs is 1. The molecular weight excluding hydrogens is 376 g/mol. The highest BCUT2D eigenvalue weighted by Crippen LogP contribution is 2.38. The van der Waals surface area contributed by atoms with E-state index in [2.05, 4.69) is 16.8 Å². The standard InChI is InChI=1S/C21H20N2O4S/c1-26-13-19(24)23-10-8-18-16(9-12-28-18)20(23)14-4-6-15(7-5-14)22-21(25)17-3-2-11-27-17/h2-7,9,11-12,20H,8,10,13H2,1H3,(H,22,25). The van der Waals surface area contributed by atoms with E-state index in [1.165, 1.54) is 18.3 Å². The Morgan fingerprint density at radius 3 is 2.79 bits per heavy atom. The molecule has 1 aromatic carbocycles. The Hall–Kier alpha value is -2.90. The van der Waals surface area contributed by atoms with Gasteiger partial charge < -0.3 is 19.4 Å². The van der Waals surface area contributed by atoms with Gasteiger partial charge in [-0.15, -0.1) is 11.3 Å². The lowest BCUT2D eigenvalue weighted by Crippen LogP contribution is -2.41. The number of nitrogens with zero attached hydrogens (tertiary/aromatic N) is 1. The highest BCUT2D eigenvalue weighted by Gasteiger charge is 2.32. The molecule has 0 bridgehead atoms. The van der Waals surface area contributed by atoms with Gasteiger partial charge in [0.25, 0.3) is 5.91 Å². The molecule has 0 saturated carbocycles. The van der Waals surface area contributed by atoms with E-state index in [9.17, 15) is 9.59 Å². The third-order valence-electron chi connectivity index (χ3n) is 4.78. The summed E-state index contributed by atoms with van der Waals surface area (Å²) in [6, 6.07) is 12.8. The van der Waals surface area contributed by atoms with Gasteiger partial charge in [-0.1, -0.05) is 12.1 Å². The molecule has 1 aliphatic heterocycles. The monoisotopic (exact) mass is 396 g/mol. The summed E-state index contributed by atoms with van der Waals surface area (Å²) in [7, 11) is 1.53. The van der Waals surface area contributed by atoms with E-state index in [1.807, 2.05) is 29.2 Å². The molecule has 1 unspecified atom stereocenters. The first kappa shape index (κ1) is 18.5. The Labute approximate surface area is 166 Å². The summed E-state index contributed by atoms with van der Waals surface area (Å²) in [6.07, 6.45) is 2.32. The maximum atomic E-state index is 12.6. The average Bonchev–Trinajstić information content (AvgIpc) is 3.40. The van der Waals surface area contributed by atoms with Crippen LogP contribution >= 0.6 is 11.3 Å². The van der Waals surface area contributed by atoms with Gasteiger partial charge in [0.15, 0.2) is 5.76 Å². The van der Waals surface area contributed by atoms with Gasteiger partial charge in [0.2, 0.25) is 5.91 Å². The fourth-order valence-corrected chi connectivity index (χ4v) is 4.40. The van der Waals surface area contributed by atoms with E-state index in [0.717, 1.165) is 17.5 Å². The van der Waals surface area contributed by atoms with Crippen molar-refractivity contribution in [3.63, 3.8) is 0 Å². The Bertz CT molecular complexity index is 963. The van der Waals surface area contributed by atoms with E-state index in [-0.39, 0.29) is 30.2 Å². The van der Waals surface area contributed by atoms with Crippen LogP contribution in [0.2, 0.25) is 0 Å². The summed E-state index contributed by atoms with van der Waals surface area (Å²) < 4.78 is 10.2. The third-order valence-corrected chi connectivity index (χ3v) is 5.78. The van der Waals surface area contributed by atoms with Gasteiger partial charge in [-0.2, -0.15) is 0 Å². The van der Waals surface area contributed by atoms with E-state index in [0.29, 0.717) is 12.2 Å². The number of nitrogens with one attached hydrogen (secondary N) is 1. The Kier molecular flexibility index (Phi) is 5.27.